The Morgan fingerprint density at radius 1 is 1.19 bits per heavy atom. The van der Waals surface area contributed by atoms with Crippen LogP contribution in [0.25, 0.3) is 11.1 Å². The summed E-state index contributed by atoms with van der Waals surface area (Å²) < 4.78 is 39.9. The van der Waals surface area contributed by atoms with Crippen LogP contribution in [0.4, 0.5) is 4.39 Å². The van der Waals surface area contributed by atoms with Crippen LogP contribution < -0.4 is 0 Å². The lowest BCUT2D eigenvalue weighted by Gasteiger charge is -2.32. The average molecular weight is 387 g/mol. The predicted octanol–water partition coefficient (Wildman–Crippen LogP) is 4.08. The molecule has 2 aromatic rings. The fourth-order valence-corrected chi connectivity index (χ4v) is 5.23. The van der Waals surface area contributed by atoms with Crippen molar-refractivity contribution in [1.82, 2.24) is 0 Å². The Hall–Kier alpha value is -2.23. The molecule has 1 saturated carbocycles. The summed E-state index contributed by atoms with van der Waals surface area (Å²) in [5, 5.41) is 18.8. The summed E-state index contributed by atoms with van der Waals surface area (Å²) in [5.41, 5.74) is 0.650. The van der Waals surface area contributed by atoms with E-state index in [-0.39, 0.29) is 16.6 Å². The first-order valence-corrected chi connectivity index (χ1v) is 10.6. The Kier molecular flexibility index (Phi) is 5.36. The maximum Gasteiger partial charge on any atom is 0.178 e. The normalized spacial score (nSPS) is 23.0. The third-order valence-electron chi connectivity index (χ3n) is 5.26. The highest BCUT2D eigenvalue weighted by atomic mass is 32.2. The van der Waals surface area contributed by atoms with Crippen LogP contribution in [0.5, 0.6) is 0 Å². The molecule has 0 atom stereocenters. The Morgan fingerprint density at radius 3 is 2.37 bits per heavy atom. The van der Waals surface area contributed by atoms with E-state index in [0.717, 1.165) is 6.07 Å². The van der Waals surface area contributed by atoms with Crippen molar-refractivity contribution >= 4 is 9.84 Å². The maximum atomic E-state index is 14.6. The second-order valence-electron chi connectivity index (χ2n) is 7.55. The van der Waals surface area contributed by atoms with Gasteiger partial charge in [-0.05, 0) is 68.4 Å². The van der Waals surface area contributed by atoms with Gasteiger partial charge in [0.15, 0.2) is 9.84 Å². The molecule has 0 heterocycles. The number of rotatable bonds is 4. The van der Waals surface area contributed by atoms with Crippen LogP contribution in [0.2, 0.25) is 0 Å². The van der Waals surface area contributed by atoms with E-state index in [1.165, 1.54) is 12.1 Å². The molecule has 1 aliphatic carbocycles. The third-order valence-corrected chi connectivity index (χ3v) is 7.14. The van der Waals surface area contributed by atoms with Crippen molar-refractivity contribution in [3.8, 4) is 17.2 Å². The molecule has 1 aliphatic rings. The second kappa shape index (κ2) is 7.41. The van der Waals surface area contributed by atoms with Gasteiger partial charge in [-0.3, -0.25) is 0 Å². The first kappa shape index (κ1) is 19.5. The zero-order valence-corrected chi connectivity index (χ0v) is 16.0. The van der Waals surface area contributed by atoms with Gasteiger partial charge < -0.3 is 5.11 Å². The minimum atomic E-state index is -3.59. The average Bonchev–Trinajstić information content (AvgIpc) is 2.63. The molecule has 27 heavy (non-hydrogen) atoms. The van der Waals surface area contributed by atoms with Crippen molar-refractivity contribution in [3.63, 3.8) is 0 Å². The molecule has 0 aliphatic heterocycles. The van der Waals surface area contributed by atoms with Crippen LogP contribution in [0.3, 0.4) is 0 Å². The van der Waals surface area contributed by atoms with Crippen LogP contribution in [0.1, 0.15) is 38.2 Å². The van der Waals surface area contributed by atoms with Crippen molar-refractivity contribution in [1.29, 1.82) is 5.26 Å². The number of halogens is 1. The van der Waals surface area contributed by atoms with Gasteiger partial charge in [-0.1, -0.05) is 18.2 Å². The molecule has 2 aromatic carbocycles. The highest BCUT2D eigenvalue weighted by Gasteiger charge is 2.31. The van der Waals surface area contributed by atoms with E-state index in [1.807, 2.05) is 6.07 Å². The van der Waals surface area contributed by atoms with Crippen LogP contribution >= 0.6 is 0 Å². The molecule has 6 heteroatoms. The van der Waals surface area contributed by atoms with Gasteiger partial charge in [0.1, 0.15) is 5.82 Å². The van der Waals surface area contributed by atoms with Gasteiger partial charge in [-0.2, -0.15) is 5.26 Å². The lowest BCUT2D eigenvalue weighted by atomic mass is 9.81. The molecule has 0 aromatic heterocycles. The smallest absolute Gasteiger partial charge is 0.178 e. The largest absolute Gasteiger partial charge is 0.390 e. The van der Waals surface area contributed by atoms with E-state index in [1.54, 1.807) is 31.2 Å². The van der Waals surface area contributed by atoms with Crippen LogP contribution in [0, 0.1) is 23.1 Å². The maximum absolute atomic E-state index is 14.6. The summed E-state index contributed by atoms with van der Waals surface area (Å²) in [6, 6.07) is 12.4. The fourth-order valence-electron chi connectivity index (χ4n) is 3.52. The van der Waals surface area contributed by atoms with Gasteiger partial charge in [0.05, 0.1) is 27.9 Å². The fraction of sp³-hybridized carbons (Fsp3) is 0.381. The molecule has 0 spiro atoms. The van der Waals surface area contributed by atoms with E-state index in [2.05, 4.69) is 0 Å². The molecule has 0 saturated heterocycles. The van der Waals surface area contributed by atoms with Gasteiger partial charge in [0, 0.05) is 5.56 Å². The zero-order valence-electron chi connectivity index (χ0n) is 15.2. The van der Waals surface area contributed by atoms with E-state index in [9.17, 15) is 17.9 Å². The third kappa shape index (κ3) is 4.55. The molecule has 4 nitrogen and oxygen atoms in total. The Morgan fingerprint density at radius 2 is 1.81 bits per heavy atom. The number of hydrogen-bond acceptors (Lipinski definition) is 4. The summed E-state index contributed by atoms with van der Waals surface area (Å²) in [6.45, 7) is 1.77. The van der Waals surface area contributed by atoms with Crippen LogP contribution in [-0.2, 0) is 9.84 Å². The summed E-state index contributed by atoms with van der Waals surface area (Å²) in [7, 11) is -3.59. The molecule has 0 amide bonds. The van der Waals surface area contributed by atoms with Gasteiger partial charge >= 0.3 is 0 Å². The number of nitrogens with zero attached hydrogens (tertiary/aromatic N) is 1. The van der Waals surface area contributed by atoms with Crippen LogP contribution in [0.15, 0.2) is 47.4 Å². The number of sulfone groups is 1. The van der Waals surface area contributed by atoms with E-state index < -0.39 is 21.3 Å². The molecular formula is C21H22FNO3S. The molecular weight excluding hydrogens is 365 g/mol. The number of benzene rings is 2. The van der Waals surface area contributed by atoms with Gasteiger partial charge in [0.25, 0.3) is 0 Å². The summed E-state index contributed by atoms with van der Waals surface area (Å²) >= 11 is 0. The Bertz CT molecular complexity index is 965. The summed E-state index contributed by atoms with van der Waals surface area (Å²) in [5.74, 6) is -0.650. The van der Waals surface area contributed by atoms with Crippen LogP contribution in [-0.4, -0.2) is 24.9 Å². The minimum absolute atomic E-state index is 0.0171. The molecule has 0 bridgehead atoms. The lowest BCUT2D eigenvalue weighted by molar-refractivity contribution is 0.0108. The summed E-state index contributed by atoms with van der Waals surface area (Å²) in [6.07, 6.45) is 2.47. The number of nitriles is 1. The van der Waals surface area contributed by atoms with Gasteiger partial charge in [0.2, 0.25) is 0 Å². The molecule has 0 radical (unpaired) electrons. The van der Waals surface area contributed by atoms with E-state index in [4.69, 9.17) is 5.26 Å². The highest BCUT2D eigenvalue weighted by molar-refractivity contribution is 7.91. The molecule has 3 rings (SSSR count). The molecule has 142 valence electrons. The minimum Gasteiger partial charge on any atom is -0.390 e. The van der Waals surface area contributed by atoms with Crippen molar-refractivity contribution in [2.45, 2.75) is 43.1 Å². The summed E-state index contributed by atoms with van der Waals surface area (Å²) in [4.78, 5) is -0.0188. The topological polar surface area (TPSA) is 78.2 Å². The van der Waals surface area contributed by atoms with Crippen molar-refractivity contribution in [3.05, 3.63) is 53.8 Å². The molecule has 1 fully saturated rings. The standard InChI is InChI=1S/C21H22FNO3S/c1-21(24)10-8-16(9-11-21)14-27(25,26)18-6-7-19(20(22)12-18)17-4-2-15(13-23)3-5-17/h2-7,12,16,24H,8-11,14H2,1H3. The first-order valence-electron chi connectivity index (χ1n) is 8.95. The highest BCUT2D eigenvalue weighted by Crippen LogP contribution is 2.34. The predicted molar refractivity (Wildman–Crippen MR) is 101 cm³/mol. The quantitative estimate of drug-likeness (QED) is 0.857. The molecule has 0 unspecified atom stereocenters. The van der Waals surface area contributed by atoms with Gasteiger partial charge in [-0.25, -0.2) is 12.8 Å². The lowest BCUT2D eigenvalue weighted by Crippen LogP contribution is -2.32. The Labute approximate surface area is 159 Å². The van der Waals surface area contributed by atoms with Gasteiger partial charge in [-0.15, -0.1) is 0 Å². The van der Waals surface area contributed by atoms with E-state index >= 15 is 0 Å². The van der Waals surface area contributed by atoms with E-state index in [0.29, 0.717) is 42.4 Å². The Balaban J connectivity index is 1.78. The van der Waals surface area contributed by atoms with Crippen molar-refractivity contribution < 1.29 is 17.9 Å². The van der Waals surface area contributed by atoms with Crippen molar-refractivity contribution in [2.75, 3.05) is 5.75 Å². The zero-order chi connectivity index (χ0) is 19.7. The van der Waals surface area contributed by atoms with Crippen molar-refractivity contribution in [2.24, 2.45) is 5.92 Å². The number of aliphatic hydroxyl groups is 1. The number of hydrogen-bond donors (Lipinski definition) is 1. The molecule has 1 N–H and O–H groups in total. The monoisotopic (exact) mass is 387 g/mol. The SMILES string of the molecule is CC1(O)CCC(CS(=O)(=O)c2ccc(-c3ccc(C#N)cc3)c(F)c2)CC1. The second-order valence-corrected chi connectivity index (χ2v) is 9.59. The first-order chi connectivity index (χ1) is 12.7.